The fourth-order valence-corrected chi connectivity index (χ4v) is 5.91. The van der Waals surface area contributed by atoms with E-state index in [-0.39, 0.29) is 17.8 Å². The molecular formula is C31H20BrNO2. The van der Waals surface area contributed by atoms with Crippen molar-refractivity contribution in [1.29, 1.82) is 0 Å². The number of carbonyl (C=O) groups excluding carboxylic acids is 1. The molecule has 4 heteroatoms. The number of fused-ring (bicyclic) bond motifs is 5. The van der Waals surface area contributed by atoms with Gasteiger partial charge in [-0.15, -0.1) is 0 Å². The number of para-hydroxylation sites is 3. The fourth-order valence-electron chi connectivity index (χ4n) is 5.38. The number of Topliss-reactive ketones (excluding diaryl/α,β-unsaturated/α-hetero) is 1. The monoisotopic (exact) mass is 517 g/mol. The second kappa shape index (κ2) is 7.82. The van der Waals surface area contributed by atoms with Crippen molar-refractivity contribution in [1.82, 2.24) is 4.57 Å². The zero-order valence-corrected chi connectivity index (χ0v) is 20.3. The van der Waals surface area contributed by atoms with Gasteiger partial charge in [0, 0.05) is 26.5 Å². The van der Waals surface area contributed by atoms with Crippen molar-refractivity contribution in [2.24, 2.45) is 5.92 Å². The Labute approximate surface area is 211 Å². The Kier molecular flexibility index (Phi) is 4.58. The van der Waals surface area contributed by atoms with Gasteiger partial charge in [0.25, 0.3) is 0 Å². The third kappa shape index (κ3) is 3.06. The van der Waals surface area contributed by atoms with Crippen LogP contribution in [0.25, 0.3) is 38.6 Å². The van der Waals surface area contributed by atoms with Crippen molar-refractivity contribution >= 4 is 43.5 Å². The Bertz CT molecular complexity index is 1710. The largest absolute Gasteiger partial charge is 0.483 e. The molecule has 0 fully saturated rings. The van der Waals surface area contributed by atoms with Crippen LogP contribution in [0.4, 0.5) is 0 Å². The van der Waals surface area contributed by atoms with Gasteiger partial charge in [0.1, 0.15) is 11.9 Å². The highest BCUT2D eigenvalue weighted by Crippen LogP contribution is 2.44. The maximum Gasteiger partial charge on any atom is 0.177 e. The van der Waals surface area contributed by atoms with Crippen molar-refractivity contribution in [2.45, 2.75) is 6.10 Å². The molecule has 2 unspecified atom stereocenters. The molecule has 0 N–H and O–H groups in total. The van der Waals surface area contributed by atoms with Gasteiger partial charge in [-0.2, -0.15) is 0 Å². The van der Waals surface area contributed by atoms with Gasteiger partial charge in [-0.25, -0.2) is 0 Å². The van der Waals surface area contributed by atoms with Gasteiger partial charge in [0.05, 0.1) is 22.5 Å². The number of hydrogen-bond acceptors (Lipinski definition) is 2. The number of aromatic nitrogens is 1. The Morgan fingerprint density at radius 2 is 1.54 bits per heavy atom. The van der Waals surface area contributed by atoms with E-state index in [0.717, 1.165) is 26.8 Å². The minimum atomic E-state index is -0.329. The summed E-state index contributed by atoms with van der Waals surface area (Å²) in [6.45, 7) is 0. The van der Waals surface area contributed by atoms with E-state index >= 15 is 0 Å². The molecule has 0 amide bonds. The maximum atomic E-state index is 13.3. The van der Waals surface area contributed by atoms with E-state index in [1.54, 1.807) is 0 Å². The molecule has 1 aliphatic carbocycles. The van der Waals surface area contributed by atoms with Crippen LogP contribution in [0.5, 0.6) is 5.75 Å². The lowest BCUT2D eigenvalue weighted by atomic mass is 9.85. The minimum absolute atomic E-state index is 0.0983. The predicted octanol–water partition coefficient (Wildman–Crippen LogP) is 7.86. The first kappa shape index (κ1) is 20.5. The molecule has 1 aliphatic heterocycles. The number of halogens is 1. The maximum absolute atomic E-state index is 13.3. The number of allylic oxidation sites excluding steroid dienone is 2. The van der Waals surface area contributed by atoms with Crippen LogP contribution in [-0.4, -0.2) is 16.5 Å². The van der Waals surface area contributed by atoms with E-state index < -0.39 is 0 Å². The molecule has 2 atom stereocenters. The molecule has 5 aromatic rings. The van der Waals surface area contributed by atoms with Gasteiger partial charge >= 0.3 is 0 Å². The first-order valence-electron chi connectivity index (χ1n) is 11.7. The smallest absolute Gasteiger partial charge is 0.177 e. The zero-order chi connectivity index (χ0) is 23.5. The first-order valence-corrected chi connectivity index (χ1v) is 12.5. The van der Waals surface area contributed by atoms with Gasteiger partial charge in [0.15, 0.2) is 5.78 Å². The molecule has 0 bridgehead atoms. The Balaban J connectivity index is 1.44. The molecule has 4 aromatic carbocycles. The summed E-state index contributed by atoms with van der Waals surface area (Å²) in [5.74, 6) is 0.454. The van der Waals surface area contributed by atoms with Crippen LogP contribution in [0, 0.1) is 5.92 Å². The molecule has 35 heavy (non-hydrogen) atoms. The van der Waals surface area contributed by atoms with Crippen molar-refractivity contribution in [3.05, 3.63) is 119 Å². The summed E-state index contributed by atoms with van der Waals surface area (Å²) in [5.41, 5.74) is 6.04. The summed E-state index contributed by atoms with van der Waals surface area (Å²) in [4.78, 5) is 13.3. The average molecular weight is 518 g/mol. The normalized spacial score (nSPS) is 18.8. The summed E-state index contributed by atoms with van der Waals surface area (Å²) >= 11 is 3.60. The van der Waals surface area contributed by atoms with Crippen molar-refractivity contribution in [3.8, 4) is 22.6 Å². The molecule has 2 heterocycles. The van der Waals surface area contributed by atoms with E-state index in [9.17, 15) is 4.79 Å². The summed E-state index contributed by atoms with van der Waals surface area (Å²) in [6.07, 6.45) is 5.47. The van der Waals surface area contributed by atoms with E-state index in [0.29, 0.717) is 11.3 Å². The molecule has 7 rings (SSSR count). The number of hydrogen-bond donors (Lipinski definition) is 0. The Morgan fingerprint density at radius 3 is 2.43 bits per heavy atom. The SMILES string of the molecule is O=C1c2cccc(-c3ccc4c(c3)c3ccccc3n4-c3ccccc3)c2OC2C(Br)=CC=CC12. The van der Waals surface area contributed by atoms with E-state index in [1.807, 2.05) is 42.5 Å². The van der Waals surface area contributed by atoms with Crippen molar-refractivity contribution in [3.63, 3.8) is 0 Å². The number of ketones is 1. The number of benzene rings is 4. The number of carbonyl (C=O) groups is 1. The average Bonchev–Trinajstić information content (AvgIpc) is 3.23. The summed E-state index contributed by atoms with van der Waals surface area (Å²) < 4.78 is 9.68. The third-order valence-electron chi connectivity index (χ3n) is 7.00. The highest BCUT2D eigenvalue weighted by molar-refractivity contribution is 9.11. The molecule has 0 saturated carbocycles. The van der Waals surface area contributed by atoms with Crippen LogP contribution in [0.1, 0.15) is 10.4 Å². The van der Waals surface area contributed by atoms with Gasteiger partial charge < -0.3 is 9.30 Å². The van der Waals surface area contributed by atoms with Crippen LogP contribution >= 0.6 is 15.9 Å². The Hall–Kier alpha value is -3.89. The number of ether oxygens (including phenoxy) is 1. The van der Waals surface area contributed by atoms with Crippen LogP contribution in [0.2, 0.25) is 0 Å². The highest BCUT2D eigenvalue weighted by atomic mass is 79.9. The van der Waals surface area contributed by atoms with Crippen molar-refractivity contribution in [2.75, 3.05) is 0 Å². The first-order chi connectivity index (χ1) is 17.2. The molecular weight excluding hydrogens is 498 g/mol. The van der Waals surface area contributed by atoms with Gasteiger partial charge in [0.2, 0.25) is 0 Å². The second-order valence-corrected chi connectivity index (χ2v) is 9.88. The molecule has 0 spiro atoms. The van der Waals surface area contributed by atoms with Gasteiger partial charge in [-0.1, -0.05) is 82.7 Å². The fraction of sp³-hybridized carbons (Fsp3) is 0.0645. The van der Waals surface area contributed by atoms with Gasteiger partial charge in [-0.3, -0.25) is 4.79 Å². The molecule has 168 valence electrons. The molecule has 0 saturated heterocycles. The lowest BCUT2D eigenvalue weighted by Gasteiger charge is -2.33. The van der Waals surface area contributed by atoms with Crippen molar-refractivity contribution < 1.29 is 9.53 Å². The Morgan fingerprint density at radius 1 is 0.771 bits per heavy atom. The van der Waals surface area contributed by atoms with Crippen LogP contribution in [0.15, 0.2) is 114 Å². The van der Waals surface area contributed by atoms with E-state index in [1.165, 1.54) is 16.3 Å². The summed E-state index contributed by atoms with van der Waals surface area (Å²) in [7, 11) is 0. The van der Waals surface area contributed by atoms with Crippen LogP contribution in [-0.2, 0) is 0 Å². The molecule has 3 nitrogen and oxygen atoms in total. The van der Waals surface area contributed by atoms with Crippen LogP contribution in [0.3, 0.4) is 0 Å². The lowest BCUT2D eigenvalue weighted by molar-refractivity contribution is 0.0804. The standard InChI is InChI=1S/C31H20BrNO2/c32-26-14-7-13-24-29(34)23-12-6-11-21(30(23)35-31(24)26)19-16-17-28-25(18-19)22-10-4-5-15-27(22)33(28)20-8-2-1-3-9-20/h1-18,24,31H. The summed E-state index contributed by atoms with van der Waals surface area (Å²) in [5, 5.41) is 2.36. The van der Waals surface area contributed by atoms with Crippen LogP contribution < -0.4 is 4.74 Å². The number of nitrogens with zero attached hydrogens (tertiary/aromatic N) is 1. The quantitative estimate of drug-likeness (QED) is 0.238. The van der Waals surface area contributed by atoms with E-state index in [4.69, 9.17) is 4.74 Å². The molecule has 1 aromatic heterocycles. The molecule has 2 aliphatic rings. The van der Waals surface area contributed by atoms with Gasteiger partial charge in [-0.05, 0) is 48.0 Å². The predicted molar refractivity (Wildman–Crippen MR) is 145 cm³/mol. The summed E-state index contributed by atoms with van der Waals surface area (Å²) in [6, 6.07) is 31.3. The third-order valence-corrected chi connectivity index (χ3v) is 7.71. The van der Waals surface area contributed by atoms with E-state index in [2.05, 4.69) is 87.2 Å². The zero-order valence-electron chi connectivity index (χ0n) is 18.7. The second-order valence-electron chi connectivity index (χ2n) is 8.97. The number of rotatable bonds is 2. The highest BCUT2D eigenvalue weighted by Gasteiger charge is 2.39. The topological polar surface area (TPSA) is 31.2 Å². The molecule has 0 radical (unpaired) electrons. The minimum Gasteiger partial charge on any atom is -0.483 e. The lowest BCUT2D eigenvalue weighted by Crippen LogP contribution is -2.38.